The summed E-state index contributed by atoms with van der Waals surface area (Å²) in [5, 5.41) is 2.59. The van der Waals surface area contributed by atoms with Crippen molar-refractivity contribution in [2.45, 2.75) is 31.2 Å². The second-order valence-corrected chi connectivity index (χ2v) is 8.57. The number of rotatable bonds is 7. The molecule has 0 atom stereocenters. The van der Waals surface area contributed by atoms with Crippen LogP contribution < -0.4 is 10.0 Å². The molecule has 29 heavy (non-hydrogen) atoms. The molecule has 0 fully saturated rings. The summed E-state index contributed by atoms with van der Waals surface area (Å²) in [5.74, 6) is -0.418. The van der Waals surface area contributed by atoms with E-state index in [-0.39, 0.29) is 23.0 Å². The molecule has 0 bridgehead atoms. The highest BCUT2D eigenvalue weighted by molar-refractivity contribution is 7.92. The predicted octanol–water partition coefficient (Wildman–Crippen LogP) is 4.01. The van der Waals surface area contributed by atoms with Gasteiger partial charge < -0.3 is 10.3 Å². The van der Waals surface area contributed by atoms with E-state index in [0.717, 1.165) is 5.56 Å². The Kier molecular flexibility index (Phi) is 6.03. The zero-order chi connectivity index (χ0) is 21.0. The van der Waals surface area contributed by atoms with Crippen molar-refractivity contribution < 1.29 is 17.6 Å². The summed E-state index contributed by atoms with van der Waals surface area (Å²) in [6, 6.07) is 15.7. The monoisotopic (exact) mass is 415 g/mol. The van der Waals surface area contributed by atoms with Crippen LogP contribution in [0, 0.1) is 5.82 Å². The van der Waals surface area contributed by atoms with E-state index in [4.69, 9.17) is 0 Å². The van der Waals surface area contributed by atoms with Gasteiger partial charge in [-0.1, -0.05) is 44.2 Å². The molecule has 0 aliphatic carbocycles. The molecule has 152 valence electrons. The molecular weight excluding hydrogens is 393 g/mol. The number of nitrogens with one attached hydrogen (secondary N) is 3. The summed E-state index contributed by atoms with van der Waals surface area (Å²) >= 11 is 0. The van der Waals surface area contributed by atoms with Crippen LogP contribution in [-0.2, 0) is 16.6 Å². The van der Waals surface area contributed by atoms with Gasteiger partial charge in [-0.2, -0.15) is 0 Å². The van der Waals surface area contributed by atoms with Gasteiger partial charge in [0.25, 0.3) is 15.9 Å². The molecule has 1 aromatic heterocycles. The largest absolute Gasteiger partial charge is 0.347 e. The molecule has 3 aromatic rings. The van der Waals surface area contributed by atoms with E-state index >= 15 is 0 Å². The standard InChI is InChI=1S/C21H22FN3O3S/c1-14(2)15-7-9-17(10-8-15)29(27,28)25-20-12-11-19(24-20)21(26)23-13-16-5-3-4-6-18(16)22/h3-12,14,24-25H,13H2,1-2H3,(H,23,26). The van der Waals surface area contributed by atoms with Crippen molar-refractivity contribution in [3.8, 4) is 0 Å². The average Bonchev–Trinajstić information content (AvgIpc) is 3.15. The van der Waals surface area contributed by atoms with E-state index in [1.54, 1.807) is 42.5 Å². The fourth-order valence-corrected chi connectivity index (χ4v) is 3.76. The summed E-state index contributed by atoms with van der Waals surface area (Å²) in [6.07, 6.45) is 0. The van der Waals surface area contributed by atoms with Crippen LogP contribution in [0.4, 0.5) is 10.2 Å². The molecule has 3 N–H and O–H groups in total. The third kappa shape index (κ3) is 5.03. The number of hydrogen-bond acceptors (Lipinski definition) is 3. The minimum Gasteiger partial charge on any atom is -0.347 e. The Morgan fingerprint density at radius 3 is 2.38 bits per heavy atom. The Labute approximate surface area is 169 Å². The number of amides is 1. The number of anilines is 1. The van der Waals surface area contributed by atoms with Crippen molar-refractivity contribution in [2.24, 2.45) is 0 Å². The maximum absolute atomic E-state index is 13.6. The van der Waals surface area contributed by atoms with Crippen LogP contribution >= 0.6 is 0 Å². The Morgan fingerprint density at radius 2 is 1.72 bits per heavy atom. The van der Waals surface area contributed by atoms with E-state index in [9.17, 15) is 17.6 Å². The Hall–Kier alpha value is -3.13. The first-order valence-electron chi connectivity index (χ1n) is 9.09. The normalized spacial score (nSPS) is 11.4. The summed E-state index contributed by atoms with van der Waals surface area (Å²) in [7, 11) is -3.79. The first-order valence-corrected chi connectivity index (χ1v) is 10.6. The number of benzene rings is 2. The maximum Gasteiger partial charge on any atom is 0.268 e. The highest BCUT2D eigenvalue weighted by Gasteiger charge is 2.17. The van der Waals surface area contributed by atoms with Gasteiger partial charge in [0.1, 0.15) is 17.3 Å². The first-order chi connectivity index (χ1) is 13.8. The van der Waals surface area contributed by atoms with Crippen LogP contribution in [0.25, 0.3) is 0 Å². The van der Waals surface area contributed by atoms with E-state index in [1.807, 2.05) is 13.8 Å². The summed E-state index contributed by atoms with van der Waals surface area (Å²) in [6.45, 7) is 4.08. The molecule has 6 nitrogen and oxygen atoms in total. The quantitative estimate of drug-likeness (QED) is 0.545. The van der Waals surface area contributed by atoms with E-state index in [1.165, 1.54) is 18.2 Å². The Balaban J connectivity index is 1.66. The van der Waals surface area contributed by atoms with Crippen molar-refractivity contribution in [3.05, 3.63) is 83.3 Å². The van der Waals surface area contributed by atoms with Gasteiger partial charge in [0.15, 0.2) is 0 Å². The molecule has 0 saturated heterocycles. The van der Waals surface area contributed by atoms with Gasteiger partial charge in [-0.15, -0.1) is 0 Å². The van der Waals surface area contributed by atoms with Gasteiger partial charge in [0.05, 0.1) is 4.90 Å². The average molecular weight is 415 g/mol. The minimum atomic E-state index is -3.79. The van der Waals surface area contributed by atoms with Gasteiger partial charge in [-0.05, 0) is 41.8 Å². The van der Waals surface area contributed by atoms with Gasteiger partial charge in [0, 0.05) is 12.1 Å². The fourth-order valence-electron chi connectivity index (χ4n) is 2.74. The number of sulfonamides is 1. The third-order valence-corrected chi connectivity index (χ3v) is 5.81. The molecule has 0 unspecified atom stereocenters. The van der Waals surface area contributed by atoms with Gasteiger partial charge >= 0.3 is 0 Å². The number of hydrogen-bond donors (Lipinski definition) is 3. The highest BCUT2D eigenvalue weighted by atomic mass is 32.2. The lowest BCUT2D eigenvalue weighted by atomic mass is 10.0. The SMILES string of the molecule is CC(C)c1ccc(S(=O)(=O)Nc2ccc(C(=O)NCc3ccccc3F)[nH]2)cc1. The van der Waals surface area contributed by atoms with Crippen molar-refractivity contribution in [1.82, 2.24) is 10.3 Å². The molecule has 2 aromatic carbocycles. The maximum atomic E-state index is 13.6. The zero-order valence-corrected chi connectivity index (χ0v) is 16.9. The molecule has 8 heteroatoms. The van der Waals surface area contributed by atoms with Gasteiger partial charge in [0.2, 0.25) is 0 Å². The Morgan fingerprint density at radius 1 is 1.03 bits per heavy atom. The zero-order valence-electron chi connectivity index (χ0n) is 16.1. The number of H-pyrrole nitrogens is 1. The molecule has 1 amide bonds. The van der Waals surface area contributed by atoms with Gasteiger partial charge in [-0.3, -0.25) is 9.52 Å². The van der Waals surface area contributed by atoms with E-state index in [2.05, 4.69) is 15.0 Å². The van der Waals surface area contributed by atoms with Gasteiger partial charge in [-0.25, -0.2) is 12.8 Å². The summed E-state index contributed by atoms with van der Waals surface area (Å²) < 4.78 is 41.1. The number of aromatic amines is 1. The molecule has 3 rings (SSSR count). The second-order valence-electron chi connectivity index (χ2n) is 6.89. The van der Waals surface area contributed by atoms with E-state index in [0.29, 0.717) is 11.5 Å². The van der Waals surface area contributed by atoms with Crippen LogP contribution in [0.3, 0.4) is 0 Å². The molecule has 0 aliphatic rings. The topological polar surface area (TPSA) is 91.1 Å². The lowest BCUT2D eigenvalue weighted by Gasteiger charge is -2.09. The van der Waals surface area contributed by atoms with Crippen molar-refractivity contribution in [2.75, 3.05) is 4.72 Å². The lowest BCUT2D eigenvalue weighted by Crippen LogP contribution is -2.23. The van der Waals surface area contributed by atoms with E-state index < -0.39 is 21.7 Å². The summed E-state index contributed by atoms with van der Waals surface area (Å²) in [5.41, 5.74) is 1.56. The number of carbonyl (C=O) groups is 1. The van der Waals surface area contributed by atoms with Crippen LogP contribution in [0.1, 0.15) is 41.4 Å². The molecular formula is C21H22FN3O3S. The first kappa shape index (κ1) is 20.6. The van der Waals surface area contributed by atoms with Crippen LogP contribution in [0.5, 0.6) is 0 Å². The molecule has 0 spiro atoms. The third-order valence-electron chi connectivity index (χ3n) is 4.43. The number of aromatic nitrogens is 1. The fraction of sp³-hybridized carbons (Fsp3) is 0.190. The van der Waals surface area contributed by atoms with Crippen LogP contribution in [-0.4, -0.2) is 19.3 Å². The van der Waals surface area contributed by atoms with Crippen molar-refractivity contribution in [1.29, 1.82) is 0 Å². The second kappa shape index (κ2) is 8.48. The highest BCUT2D eigenvalue weighted by Crippen LogP contribution is 2.20. The van der Waals surface area contributed by atoms with Crippen molar-refractivity contribution in [3.63, 3.8) is 0 Å². The smallest absolute Gasteiger partial charge is 0.268 e. The summed E-state index contributed by atoms with van der Waals surface area (Å²) in [4.78, 5) is 15.1. The van der Waals surface area contributed by atoms with Crippen molar-refractivity contribution >= 4 is 21.7 Å². The Bertz CT molecular complexity index is 1110. The molecule has 0 radical (unpaired) electrons. The molecule has 1 heterocycles. The predicted molar refractivity (Wildman–Crippen MR) is 110 cm³/mol. The van der Waals surface area contributed by atoms with Crippen LogP contribution in [0.15, 0.2) is 65.6 Å². The number of halogens is 1. The van der Waals surface area contributed by atoms with Crippen LogP contribution in [0.2, 0.25) is 0 Å². The minimum absolute atomic E-state index is 0.0216. The lowest BCUT2D eigenvalue weighted by molar-refractivity contribution is 0.0946. The molecule has 0 saturated carbocycles. The number of carbonyl (C=O) groups excluding carboxylic acids is 1. The molecule has 0 aliphatic heterocycles.